The summed E-state index contributed by atoms with van der Waals surface area (Å²) in [6.45, 7) is 3.69. The van der Waals surface area contributed by atoms with Crippen LogP contribution >= 0.6 is 0 Å². The van der Waals surface area contributed by atoms with Crippen molar-refractivity contribution in [2.75, 3.05) is 0 Å². The van der Waals surface area contributed by atoms with Crippen molar-refractivity contribution in [1.82, 2.24) is 0 Å². The molecule has 0 saturated carbocycles. The lowest BCUT2D eigenvalue weighted by molar-refractivity contribution is 0.556. The van der Waals surface area contributed by atoms with Crippen molar-refractivity contribution in [3.8, 4) is 0 Å². The van der Waals surface area contributed by atoms with Crippen LogP contribution < -0.4 is 0 Å². The molecule has 116 valence electrons. The molecule has 4 heteroatoms. The monoisotopic (exact) mass is 306 g/mol. The molecule has 2 unspecified atom stereocenters. The highest BCUT2D eigenvalue weighted by atomic mass is 16.1. The standard InChI is InChI=1S/C19H18N2O2/c1-18(20-14-22)9-3-5-16(7-11-18)13-17-6-4-10-19(2,12-8-17)21-15-23/h3-12H,13H2,1-2H3. The van der Waals surface area contributed by atoms with E-state index in [0.29, 0.717) is 0 Å². The number of allylic oxidation sites excluding steroid dienone is 8. The van der Waals surface area contributed by atoms with Crippen LogP contribution in [0.5, 0.6) is 0 Å². The first-order valence-electron chi connectivity index (χ1n) is 7.32. The summed E-state index contributed by atoms with van der Waals surface area (Å²) in [6.07, 6.45) is 23.1. The second-order valence-corrected chi connectivity index (χ2v) is 5.90. The molecule has 0 N–H and O–H groups in total. The maximum Gasteiger partial charge on any atom is 0.236 e. The first-order chi connectivity index (χ1) is 11.0. The van der Waals surface area contributed by atoms with Crippen LogP contribution in [0, 0.1) is 0 Å². The molecule has 23 heavy (non-hydrogen) atoms. The van der Waals surface area contributed by atoms with E-state index < -0.39 is 11.1 Å². The van der Waals surface area contributed by atoms with Gasteiger partial charge in [0.05, 0.1) is 0 Å². The number of hydrogen-bond donors (Lipinski definition) is 0. The van der Waals surface area contributed by atoms with Crippen molar-refractivity contribution in [3.63, 3.8) is 0 Å². The molecule has 0 bridgehead atoms. The van der Waals surface area contributed by atoms with Gasteiger partial charge in [0.1, 0.15) is 11.1 Å². The Morgan fingerprint density at radius 3 is 1.65 bits per heavy atom. The molecule has 0 aliphatic heterocycles. The van der Waals surface area contributed by atoms with E-state index in [2.05, 4.69) is 9.98 Å². The third-order valence-corrected chi connectivity index (χ3v) is 3.74. The van der Waals surface area contributed by atoms with Crippen molar-refractivity contribution in [3.05, 3.63) is 71.9 Å². The van der Waals surface area contributed by atoms with Crippen LogP contribution in [0.15, 0.2) is 81.9 Å². The molecular formula is C19H18N2O2. The summed E-state index contributed by atoms with van der Waals surface area (Å²) >= 11 is 0. The molecular weight excluding hydrogens is 288 g/mol. The zero-order chi connectivity index (χ0) is 16.8. The number of nitrogens with zero attached hydrogens (tertiary/aromatic N) is 2. The fourth-order valence-electron chi connectivity index (χ4n) is 2.32. The van der Waals surface area contributed by atoms with E-state index >= 15 is 0 Å². The molecule has 2 aliphatic carbocycles. The average molecular weight is 306 g/mol. The second-order valence-electron chi connectivity index (χ2n) is 5.90. The fraction of sp³-hybridized carbons (Fsp3) is 0.263. The van der Waals surface area contributed by atoms with E-state index in [-0.39, 0.29) is 0 Å². The molecule has 2 aliphatic rings. The van der Waals surface area contributed by atoms with E-state index in [9.17, 15) is 9.59 Å². The van der Waals surface area contributed by atoms with Gasteiger partial charge in [0.2, 0.25) is 12.2 Å². The minimum Gasteiger partial charge on any atom is -0.211 e. The molecule has 4 nitrogen and oxygen atoms in total. The van der Waals surface area contributed by atoms with Gasteiger partial charge in [-0.25, -0.2) is 9.59 Å². The van der Waals surface area contributed by atoms with Crippen molar-refractivity contribution >= 4 is 12.2 Å². The minimum atomic E-state index is -0.648. The molecule has 0 heterocycles. The summed E-state index contributed by atoms with van der Waals surface area (Å²) in [6, 6.07) is 0. The van der Waals surface area contributed by atoms with Crippen LogP contribution in [0.25, 0.3) is 0 Å². The van der Waals surface area contributed by atoms with E-state index in [1.165, 1.54) is 0 Å². The number of carbonyl (C=O) groups excluding carboxylic acids is 2. The summed E-state index contributed by atoms with van der Waals surface area (Å²) in [5.41, 5.74) is 0.895. The van der Waals surface area contributed by atoms with Crippen LogP contribution in [0.4, 0.5) is 0 Å². The normalized spacial score (nSPS) is 28.8. The molecule has 0 aromatic carbocycles. The van der Waals surface area contributed by atoms with Crippen LogP contribution in [-0.4, -0.2) is 23.2 Å². The van der Waals surface area contributed by atoms with Crippen LogP contribution in [0.3, 0.4) is 0 Å². The minimum absolute atomic E-state index is 0.648. The quantitative estimate of drug-likeness (QED) is 0.587. The van der Waals surface area contributed by atoms with E-state index in [4.69, 9.17) is 0 Å². The zero-order valence-corrected chi connectivity index (χ0v) is 13.2. The Bertz CT molecular complexity index is 690. The Morgan fingerprint density at radius 2 is 1.26 bits per heavy atom. The number of aliphatic imine (C=N–C) groups is 2. The third-order valence-electron chi connectivity index (χ3n) is 3.74. The fourth-order valence-corrected chi connectivity index (χ4v) is 2.32. The predicted molar refractivity (Wildman–Crippen MR) is 90.4 cm³/mol. The smallest absolute Gasteiger partial charge is 0.211 e. The van der Waals surface area contributed by atoms with Gasteiger partial charge in [-0.2, -0.15) is 9.98 Å². The largest absolute Gasteiger partial charge is 0.236 e. The van der Waals surface area contributed by atoms with Crippen LogP contribution in [0.1, 0.15) is 20.3 Å². The van der Waals surface area contributed by atoms with Gasteiger partial charge in [-0.15, -0.1) is 0 Å². The number of rotatable bonds is 4. The van der Waals surface area contributed by atoms with E-state index in [0.717, 1.165) is 17.6 Å². The molecule has 0 fully saturated rings. The number of hydrogen-bond acceptors (Lipinski definition) is 4. The Balaban J connectivity index is 2.15. The Morgan fingerprint density at radius 1 is 0.826 bits per heavy atom. The predicted octanol–water partition coefficient (Wildman–Crippen LogP) is 3.67. The molecule has 0 radical (unpaired) electrons. The summed E-state index contributed by atoms with van der Waals surface area (Å²) in [5.74, 6) is 0. The van der Waals surface area contributed by atoms with Gasteiger partial charge in [-0.3, -0.25) is 0 Å². The lowest BCUT2D eigenvalue weighted by atomic mass is 10.00. The van der Waals surface area contributed by atoms with Gasteiger partial charge < -0.3 is 0 Å². The first-order valence-corrected chi connectivity index (χ1v) is 7.32. The molecule has 0 saturated heterocycles. The van der Waals surface area contributed by atoms with Crippen LogP contribution in [0.2, 0.25) is 0 Å². The molecule has 0 spiro atoms. The zero-order valence-electron chi connectivity index (χ0n) is 13.2. The van der Waals surface area contributed by atoms with Gasteiger partial charge >= 0.3 is 0 Å². The SMILES string of the molecule is CC1(N=C=O)C=CC=C(CC2=CC=CC(C)(N=C=O)C=C2)C=C1. The van der Waals surface area contributed by atoms with Crippen molar-refractivity contribution in [1.29, 1.82) is 0 Å². The summed E-state index contributed by atoms with van der Waals surface area (Å²) in [7, 11) is 0. The third kappa shape index (κ3) is 4.58. The van der Waals surface area contributed by atoms with Gasteiger partial charge in [-0.1, -0.05) is 60.8 Å². The second kappa shape index (κ2) is 6.97. The summed E-state index contributed by atoms with van der Waals surface area (Å²) in [5, 5.41) is 0. The van der Waals surface area contributed by atoms with Crippen molar-refractivity contribution in [2.24, 2.45) is 9.98 Å². The van der Waals surface area contributed by atoms with Crippen molar-refractivity contribution < 1.29 is 9.59 Å². The first kappa shape index (κ1) is 16.6. The Kier molecular flexibility index (Phi) is 5.02. The summed E-state index contributed by atoms with van der Waals surface area (Å²) in [4.78, 5) is 28.6. The highest BCUT2D eigenvalue weighted by Gasteiger charge is 2.18. The summed E-state index contributed by atoms with van der Waals surface area (Å²) < 4.78 is 0. The topological polar surface area (TPSA) is 58.9 Å². The van der Waals surface area contributed by atoms with Gasteiger partial charge in [0.25, 0.3) is 0 Å². The highest BCUT2D eigenvalue weighted by Crippen LogP contribution is 2.25. The Hall–Kier alpha value is -2.80. The molecule has 0 aromatic heterocycles. The average Bonchev–Trinajstić information content (AvgIpc) is 2.78. The maximum atomic E-state index is 10.5. The van der Waals surface area contributed by atoms with Crippen LogP contribution in [-0.2, 0) is 9.59 Å². The van der Waals surface area contributed by atoms with Gasteiger partial charge in [-0.05, 0) is 31.4 Å². The van der Waals surface area contributed by atoms with E-state index in [1.54, 1.807) is 12.2 Å². The molecule has 2 rings (SSSR count). The Labute approximate surface area is 135 Å². The van der Waals surface area contributed by atoms with Gasteiger partial charge in [0.15, 0.2) is 0 Å². The molecule has 2 atom stereocenters. The molecule has 0 aromatic rings. The highest BCUT2D eigenvalue weighted by molar-refractivity contribution is 5.45. The van der Waals surface area contributed by atoms with Crippen molar-refractivity contribution in [2.45, 2.75) is 31.3 Å². The van der Waals surface area contributed by atoms with E-state index in [1.807, 2.05) is 74.6 Å². The lowest BCUT2D eigenvalue weighted by Gasteiger charge is -2.12. The lowest BCUT2D eigenvalue weighted by Crippen LogP contribution is -2.13. The molecule has 0 amide bonds. The van der Waals surface area contributed by atoms with Gasteiger partial charge in [0, 0.05) is 0 Å². The number of isocyanates is 2. The maximum absolute atomic E-state index is 10.5.